The van der Waals surface area contributed by atoms with Crippen molar-refractivity contribution in [1.82, 2.24) is 14.7 Å². The van der Waals surface area contributed by atoms with Crippen molar-refractivity contribution in [2.45, 2.75) is 32.3 Å². The highest BCUT2D eigenvalue weighted by molar-refractivity contribution is 7.15. The summed E-state index contributed by atoms with van der Waals surface area (Å²) >= 11 is 8.09. The number of aromatic nitrogens is 2. The molecule has 6 nitrogen and oxygen atoms in total. The highest BCUT2D eigenvalue weighted by atomic mass is 35.5. The number of primary amides is 1. The molecule has 3 heterocycles. The zero-order valence-electron chi connectivity index (χ0n) is 18.7. The van der Waals surface area contributed by atoms with Crippen LogP contribution in [0.1, 0.15) is 35.5 Å². The third kappa shape index (κ3) is 5.38. The SMILES string of the molecule is CNCCCc1ccc([C@@H](C)Oc2cc(-c3cnc4ccccn34)sc2CC(N)=O)c(Cl)c1. The van der Waals surface area contributed by atoms with Crippen molar-refractivity contribution in [3.05, 3.63) is 75.9 Å². The number of aryl methyl sites for hydroxylation is 1. The van der Waals surface area contributed by atoms with Crippen LogP contribution in [0, 0.1) is 0 Å². The number of amides is 1. The Hall–Kier alpha value is -2.87. The lowest BCUT2D eigenvalue weighted by Crippen LogP contribution is -2.14. The number of nitrogens with one attached hydrogen (secondary N) is 1. The van der Waals surface area contributed by atoms with Gasteiger partial charge in [0, 0.05) is 22.8 Å². The third-order valence-electron chi connectivity index (χ3n) is 5.47. The second-order valence-electron chi connectivity index (χ2n) is 7.94. The number of benzene rings is 1. The lowest BCUT2D eigenvalue weighted by atomic mass is 10.0. The zero-order chi connectivity index (χ0) is 23.4. The molecular weight excluding hydrogens is 456 g/mol. The first kappa shape index (κ1) is 23.3. The van der Waals surface area contributed by atoms with Gasteiger partial charge in [-0.05, 0) is 57.1 Å². The largest absolute Gasteiger partial charge is 0.485 e. The molecule has 1 amide bonds. The van der Waals surface area contributed by atoms with Gasteiger partial charge in [0.2, 0.25) is 5.91 Å². The van der Waals surface area contributed by atoms with E-state index in [4.69, 9.17) is 22.1 Å². The monoisotopic (exact) mass is 482 g/mol. The topological polar surface area (TPSA) is 81.7 Å². The van der Waals surface area contributed by atoms with Gasteiger partial charge in [0.25, 0.3) is 0 Å². The smallest absolute Gasteiger partial charge is 0.222 e. The number of fused-ring (bicyclic) bond motifs is 1. The fourth-order valence-corrected chi connectivity index (χ4v) is 5.28. The van der Waals surface area contributed by atoms with Crippen LogP contribution in [0.3, 0.4) is 0 Å². The molecule has 0 radical (unpaired) electrons. The number of carbonyl (C=O) groups is 1. The second-order valence-corrected chi connectivity index (χ2v) is 9.48. The van der Waals surface area contributed by atoms with E-state index in [9.17, 15) is 4.79 Å². The molecule has 1 aromatic carbocycles. The van der Waals surface area contributed by atoms with E-state index in [1.54, 1.807) is 0 Å². The Labute approximate surface area is 202 Å². The minimum Gasteiger partial charge on any atom is -0.485 e. The van der Waals surface area contributed by atoms with Gasteiger partial charge in [-0.2, -0.15) is 0 Å². The quantitative estimate of drug-likeness (QED) is 0.310. The van der Waals surface area contributed by atoms with E-state index < -0.39 is 5.91 Å². The maximum absolute atomic E-state index is 11.7. The van der Waals surface area contributed by atoms with Gasteiger partial charge in [0.15, 0.2) is 0 Å². The lowest BCUT2D eigenvalue weighted by Gasteiger charge is -2.17. The number of nitrogens with two attached hydrogens (primary N) is 1. The molecule has 0 fully saturated rings. The molecule has 4 rings (SSSR count). The number of nitrogens with zero attached hydrogens (tertiary/aromatic N) is 2. The molecule has 0 saturated carbocycles. The van der Waals surface area contributed by atoms with Crippen molar-refractivity contribution in [2.75, 3.05) is 13.6 Å². The molecular formula is C25H27ClN4O2S. The number of ether oxygens (including phenoxy) is 1. The van der Waals surface area contributed by atoms with E-state index in [2.05, 4.69) is 16.4 Å². The average molecular weight is 483 g/mol. The first-order valence-electron chi connectivity index (χ1n) is 10.9. The van der Waals surface area contributed by atoms with Crippen LogP contribution in [0.2, 0.25) is 5.02 Å². The predicted molar refractivity (Wildman–Crippen MR) is 134 cm³/mol. The Balaban J connectivity index is 1.60. The fourth-order valence-electron chi connectivity index (χ4n) is 3.81. The molecule has 0 saturated heterocycles. The summed E-state index contributed by atoms with van der Waals surface area (Å²) in [6.45, 7) is 2.93. The van der Waals surface area contributed by atoms with Gasteiger partial charge in [0.1, 0.15) is 17.5 Å². The van der Waals surface area contributed by atoms with Crippen LogP contribution in [0.5, 0.6) is 5.75 Å². The number of halogens is 1. The molecule has 0 spiro atoms. The lowest BCUT2D eigenvalue weighted by molar-refractivity contribution is -0.117. The van der Waals surface area contributed by atoms with E-state index in [1.807, 2.05) is 67.2 Å². The molecule has 0 aliphatic carbocycles. The Bertz CT molecular complexity index is 1270. The van der Waals surface area contributed by atoms with E-state index in [-0.39, 0.29) is 12.5 Å². The van der Waals surface area contributed by atoms with E-state index in [0.29, 0.717) is 10.8 Å². The predicted octanol–water partition coefficient (Wildman–Crippen LogP) is 5.04. The molecule has 0 aliphatic heterocycles. The van der Waals surface area contributed by atoms with Gasteiger partial charge >= 0.3 is 0 Å². The number of hydrogen-bond donors (Lipinski definition) is 2. The van der Waals surface area contributed by atoms with Crippen LogP contribution in [-0.4, -0.2) is 28.9 Å². The highest BCUT2D eigenvalue weighted by Crippen LogP contribution is 2.39. The minimum atomic E-state index is -0.400. The molecule has 172 valence electrons. The number of carbonyl (C=O) groups excluding carboxylic acids is 1. The highest BCUT2D eigenvalue weighted by Gasteiger charge is 2.20. The molecule has 8 heteroatoms. The van der Waals surface area contributed by atoms with Crippen LogP contribution < -0.4 is 15.8 Å². The van der Waals surface area contributed by atoms with Crippen molar-refractivity contribution in [3.8, 4) is 16.3 Å². The molecule has 3 aromatic heterocycles. The Morgan fingerprint density at radius 2 is 2.15 bits per heavy atom. The van der Waals surface area contributed by atoms with Gasteiger partial charge in [-0.25, -0.2) is 4.98 Å². The average Bonchev–Trinajstić information content (AvgIpc) is 3.37. The summed E-state index contributed by atoms with van der Waals surface area (Å²) in [5, 5.41) is 3.84. The summed E-state index contributed by atoms with van der Waals surface area (Å²) in [7, 11) is 1.95. The van der Waals surface area contributed by atoms with Gasteiger partial charge in [0.05, 0.1) is 28.1 Å². The molecule has 0 bridgehead atoms. The number of rotatable bonds is 10. The maximum Gasteiger partial charge on any atom is 0.222 e. The molecule has 0 aliphatic rings. The second kappa shape index (κ2) is 10.4. The number of hydrogen-bond acceptors (Lipinski definition) is 5. The van der Waals surface area contributed by atoms with E-state index in [1.165, 1.54) is 16.9 Å². The molecule has 1 atom stereocenters. The molecule has 4 aromatic rings. The third-order valence-corrected chi connectivity index (χ3v) is 6.94. The van der Waals surface area contributed by atoms with Crippen LogP contribution >= 0.6 is 22.9 Å². The summed E-state index contributed by atoms with van der Waals surface area (Å²) in [6.07, 6.45) is 5.63. The van der Waals surface area contributed by atoms with Crippen molar-refractivity contribution in [3.63, 3.8) is 0 Å². The fraction of sp³-hybridized carbons (Fsp3) is 0.280. The zero-order valence-corrected chi connectivity index (χ0v) is 20.2. The van der Waals surface area contributed by atoms with Crippen LogP contribution in [0.25, 0.3) is 16.2 Å². The van der Waals surface area contributed by atoms with Crippen LogP contribution in [0.4, 0.5) is 0 Å². The van der Waals surface area contributed by atoms with Crippen molar-refractivity contribution in [2.24, 2.45) is 5.73 Å². The molecule has 0 unspecified atom stereocenters. The van der Waals surface area contributed by atoms with Crippen LogP contribution in [-0.2, 0) is 17.6 Å². The van der Waals surface area contributed by atoms with Gasteiger partial charge in [-0.1, -0.05) is 29.8 Å². The van der Waals surface area contributed by atoms with E-state index in [0.717, 1.165) is 46.0 Å². The normalized spacial score (nSPS) is 12.2. The summed E-state index contributed by atoms with van der Waals surface area (Å²) in [6, 6.07) is 13.9. The molecule has 33 heavy (non-hydrogen) atoms. The first-order chi connectivity index (χ1) is 16.0. The van der Waals surface area contributed by atoms with Crippen molar-refractivity contribution >= 4 is 34.5 Å². The Morgan fingerprint density at radius 3 is 2.91 bits per heavy atom. The summed E-state index contributed by atoms with van der Waals surface area (Å²) in [4.78, 5) is 17.9. The van der Waals surface area contributed by atoms with Crippen molar-refractivity contribution in [1.29, 1.82) is 0 Å². The summed E-state index contributed by atoms with van der Waals surface area (Å²) in [5.41, 5.74) is 9.41. The van der Waals surface area contributed by atoms with Crippen LogP contribution in [0.15, 0.2) is 54.9 Å². The Morgan fingerprint density at radius 1 is 1.30 bits per heavy atom. The minimum absolute atomic E-state index is 0.113. The van der Waals surface area contributed by atoms with Crippen molar-refractivity contribution < 1.29 is 9.53 Å². The Kier molecular flexibility index (Phi) is 7.33. The standard InChI is InChI=1S/C25H27ClN4O2S/c1-16(18-9-8-17(12-19(18)26)6-5-10-28-2)32-21-13-22(33-23(21)14-24(27)31)20-15-29-25-7-3-4-11-30(20)25/h3-4,7-9,11-13,15-16,28H,5-6,10,14H2,1-2H3,(H2,27,31)/t16-/m1/s1. The van der Waals surface area contributed by atoms with Gasteiger partial charge in [-0.3, -0.25) is 9.20 Å². The van der Waals surface area contributed by atoms with Gasteiger partial charge in [-0.15, -0.1) is 11.3 Å². The number of thiophene rings is 1. The summed E-state index contributed by atoms with van der Waals surface area (Å²) in [5.74, 6) is 0.240. The number of pyridine rings is 1. The van der Waals surface area contributed by atoms with E-state index >= 15 is 0 Å². The maximum atomic E-state index is 11.7. The number of imidazole rings is 1. The van der Waals surface area contributed by atoms with Gasteiger partial charge < -0.3 is 15.8 Å². The summed E-state index contributed by atoms with van der Waals surface area (Å²) < 4.78 is 8.33. The molecule has 3 N–H and O–H groups in total. The first-order valence-corrected chi connectivity index (χ1v) is 12.1.